The van der Waals surface area contributed by atoms with Crippen LogP contribution in [0.1, 0.15) is 33.3 Å². The van der Waals surface area contributed by atoms with Crippen LogP contribution < -0.4 is 14.4 Å². The molecule has 1 N–H and O–H groups in total. The largest absolute Gasteiger partial charge is 0.494 e. The van der Waals surface area contributed by atoms with Gasteiger partial charge in [0, 0.05) is 18.7 Å². The third-order valence-electron chi connectivity index (χ3n) is 6.20. The van der Waals surface area contributed by atoms with Crippen LogP contribution in [0.4, 0.5) is 10.1 Å². The molecule has 0 aliphatic rings. The van der Waals surface area contributed by atoms with E-state index in [1.165, 1.54) is 35.2 Å². The third kappa shape index (κ3) is 7.81. The minimum Gasteiger partial charge on any atom is -0.494 e. The Labute approximate surface area is 235 Å². The lowest BCUT2D eigenvalue weighted by atomic mass is 10.1. The number of ether oxygens (including phenoxy) is 1. The number of benzene rings is 3. The summed E-state index contributed by atoms with van der Waals surface area (Å²) in [5.41, 5.74) is 0.479. The van der Waals surface area contributed by atoms with Crippen molar-refractivity contribution in [2.45, 2.75) is 45.2 Å². The molecule has 0 spiro atoms. The number of carbonyl (C=O) groups is 2. The van der Waals surface area contributed by atoms with Crippen molar-refractivity contribution in [3.63, 3.8) is 0 Å². The lowest BCUT2D eigenvalue weighted by Gasteiger charge is -2.32. The molecule has 0 bridgehead atoms. The highest BCUT2D eigenvalue weighted by Crippen LogP contribution is 2.26. The van der Waals surface area contributed by atoms with Crippen molar-refractivity contribution < 1.29 is 27.1 Å². The molecule has 10 heteroatoms. The zero-order valence-corrected chi connectivity index (χ0v) is 24.0. The molecule has 3 rings (SSSR count). The molecule has 1 atom stereocenters. The standard InChI is InChI=1S/C30H36FN3O5S/c1-5-39-26-15-17-27(18-16-26)40(37,38)34(25-12-7-6-8-13-25)21-29(35)33(20-24-11-9-10-14-28(24)31)23(4)30(36)32-19-22(2)3/h6-18,22-23H,5,19-21H2,1-4H3,(H,32,36)/t23-/m1/s1. The van der Waals surface area contributed by atoms with Crippen molar-refractivity contribution in [2.24, 2.45) is 5.92 Å². The van der Waals surface area contributed by atoms with E-state index in [1.54, 1.807) is 55.5 Å². The first-order valence-electron chi connectivity index (χ1n) is 13.2. The number of rotatable bonds is 13. The number of sulfonamides is 1. The van der Waals surface area contributed by atoms with Crippen LogP contribution in [0, 0.1) is 11.7 Å². The van der Waals surface area contributed by atoms with E-state index in [0.29, 0.717) is 18.9 Å². The summed E-state index contributed by atoms with van der Waals surface area (Å²) in [6, 6.07) is 19.1. The molecule has 0 aliphatic carbocycles. The van der Waals surface area contributed by atoms with E-state index >= 15 is 0 Å². The molecule has 40 heavy (non-hydrogen) atoms. The molecule has 0 radical (unpaired) electrons. The third-order valence-corrected chi connectivity index (χ3v) is 7.98. The maximum absolute atomic E-state index is 14.6. The van der Waals surface area contributed by atoms with Gasteiger partial charge in [0.2, 0.25) is 11.8 Å². The van der Waals surface area contributed by atoms with Crippen LogP contribution >= 0.6 is 0 Å². The fourth-order valence-electron chi connectivity index (χ4n) is 3.97. The molecular formula is C30H36FN3O5S. The molecule has 8 nitrogen and oxygen atoms in total. The Bertz CT molecular complexity index is 1380. The van der Waals surface area contributed by atoms with Gasteiger partial charge in [-0.3, -0.25) is 13.9 Å². The first-order chi connectivity index (χ1) is 19.0. The van der Waals surface area contributed by atoms with Crippen LogP contribution in [0.2, 0.25) is 0 Å². The molecule has 0 aromatic heterocycles. The van der Waals surface area contributed by atoms with Gasteiger partial charge in [-0.05, 0) is 62.2 Å². The summed E-state index contributed by atoms with van der Waals surface area (Å²) in [5.74, 6) is -0.911. The fraction of sp³-hybridized carbons (Fsp3) is 0.333. The predicted octanol–water partition coefficient (Wildman–Crippen LogP) is 4.61. The predicted molar refractivity (Wildman–Crippen MR) is 153 cm³/mol. The number of para-hydroxylation sites is 1. The maximum Gasteiger partial charge on any atom is 0.264 e. The molecule has 0 aliphatic heterocycles. The van der Waals surface area contributed by atoms with E-state index in [1.807, 2.05) is 20.8 Å². The molecule has 0 unspecified atom stereocenters. The summed E-state index contributed by atoms with van der Waals surface area (Å²) in [7, 11) is -4.21. The van der Waals surface area contributed by atoms with E-state index in [2.05, 4.69) is 5.32 Å². The molecular weight excluding hydrogens is 533 g/mol. The summed E-state index contributed by atoms with van der Waals surface area (Å²) in [6.07, 6.45) is 0. The van der Waals surface area contributed by atoms with Gasteiger partial charge in [0.25, 0.3) is 10.0 Å². The van der Waals surface area contributed by atoms with Gasteiger partial charge in [-0.25, -0.2) is 12.8 Å². The number of carbonyl (C=O) groups excluding carboxylic acids is 2. The van der Waals surface area contributed by atoms with Gasteiger partial charge in [0.15, 0.2) is 0 Å². The molecule has 2 amide bonds. The topological polar surface area (TPSA) is 96.0 Å². The van der Waals surface area contributed by atoms with Gasteiger partial charge >= 0.3 is 0 Å². The van der Waals surface area contributed by atoms with Crippen molar-refractivity contribution in [2.75, 3.05) is 24.0 Å². The first-order valence-corrected chi connectivity index (χ1v) is 14.6. The van der Waals surface area contributed by atoms with Crippen LogP contribution in [-0.2, 0) is 26.2 Å². The highest BCUT2D eigenvalue weighted by molar-refractivity contribution is 7.92. The number of hydrogen-bond donors (Lipinski definition) is 1. The molecule has 214 valence electrons. The van der Waals surface area contributed by atoms with Gasteiger partial charge in [-0.1, -0.05) is 50.2 Å². The van der Waals surface area contributed by atoms with E-state index in [9.17, 15) is 22.4 Å². The van der Waals surface area contributed by atoms with E-state index in [-0.39, 0.29) is 28.6 Å². The summed E-state index contributed by atoms with van der Waals surface area (Å²) < 4.78 is 48.7. The van der Waals surface area contributed by atoms with Gasteiger partial charge in [0.1, 0.15) is 24.2 Å². The highest BCUT2D eigenvalue weighted by atomic mass is 32.2. The van der Waals surface area contributed by atoms with Crippen molar-refractivity contribution in [1.29, 1.82) is 0 Å². The average molecular weight is 570 g/mol. The SMILES string of the molecule is CCOc1ccc(S(=O)(=O)N(CC(=O)N(Cc2ccccc2F)[C@H](C)C(=O)NCC(C)C)c2ccccc2)cc1. The number of anilines is 1. The number of nitrogens with one attached hydrogen (secondary N) is 1. The second-order valence-corrected chi connectivity index (χ2v) is 11.5. The van der Waals surface area contributed by atoms with Gasteiger partial charge in [0.05, 0.1) is 17.2 Å². The lowest BCUT2D eigenvalue weighted by molar-refractivity contribution is -0.139. The summed E-state index contributed by atoms with van der Waals surface area (Å²) >= 11 is 0. The monoisotopic (exact) mass is 569 g/mol. The first kappa shape index (κ1) is 30.6. The number of amides is 2. The Morgan fingerprint density at radius 2 is 1.55 bits per heavy atom. The molecule has 3 aromatic carbocycles. The summed E-state index contributed by atoms with van der Waals surface area (Å²) in [6.45, 7) is 7.26. The normalized spacial score (nSPS) is 12.1. The van der Waals surface area contributed by atoms with Crippen molar-refractivity contribution in [1.82, 2.24) is 10.2 Å². The van der Waals surface area contributed by atoms with Crippen molar-refractivity contribution >= 4 is 27.5 Å². The highest BCUT2D eigenvalue weighted by Gasteiger charge is 2.32. The summed E-state index contributed by atoms with van der Waals surface area (Å²) in [4.78, 5) is 28.0. The average Bonchev–Trinajstić information content (AvgIpc) is 2.94. The smallest absolute Gasteiger partial charge is 0.264 e. The van der Waals surface area contributed by atoms with Crippen molar-refractivity contribution in [3.05, 3.63) is 90.2 Å². The van der Waals surface area contributed by atoms with Gasteiger partial charge < -0.3 is 15.0 Å². The zero-order valence-electron chi connectivity index (χ0n) is 23.2. The maximum atomic E-state index is 14.6. The summed E-state index contributed by atoms with van der Waals surface area (Å²) in [5, 5.41) is 2.80. The van der Waals surface area contributed by atoms with E-state index < -0.39 is 40.2 Å². The zero-order chi connectivity index (χ0) is 29.3. The minimum absolute atomic E-state index is 0.0315. The lowest BCUT2D eigenvalue weighted by Crippen LogP contribution is -2.51. The number of nitrogens with zero attached hydrogens (tertiary/aromatic N) is 2. The van der Waals surface area contributed by atoms with Gasteiger partial charge in [-0.2, -0.15) is 0 Å². The van der Waals surface area contributed by atoms with Crippen LogP contribution in [0.3, 0.4) is 0 Å². The number of hydrogen-bond acceptors (Lipinski definition) is 5. The van der Waals surface area contributed by atoms with E-state index in [4.69, 9.17) is 4.74 Å². The molecule has 0 saturated heterocycles. The Morgan fingerprint density at radius 1 is 0.925 bits per heavy atom. The Hall–Kier alpha value is -3.92. The van der Waals surface area contributed by atoms with Crippen LogP contribution in [0.25, 0.3) is 0 Å². The second kappa shape index (κ2) is 13.9. The molecule has 0 saturated carbocycles. The fourth-order valence-corrected chi connectivity index (χ4v) is 5.38. The Morgan fingerprint density at radius 3 is 2.15 bits per heavy atom. The van der Waals surface area contributed by atoms with E-state index in [0.717, 1.165) is 4.31 Å². The van der Waals surface area contributed by atoms with Crippen molar-refractivity contribution in [3.8, 4) is 5.75 Å². The Kier molecular flexibility index (Phi) is 10.7. The molecule has 0 heterocycles. The number of halogens is 1. The second-order valence-electron chi connectivity index (χ2n) is 9.68. The van der Waals surface area contributed by atoms with Gasteiger partial charge in [-0.15, -0.1) is 0 Å². The van der Waals surface area contributed by atoms with Crippen LogP contribution in [0.5, 0.6) is 5.75 Å². The van der Waals surface area contributed by atoms with Crippen LogP contribution in [-0.4, -0.2) is 50.9 Å². The van der Waals surface area contributed by atoms with Crippen LogP contribution in [0.15, 0.2) is 83.8 Å². The molecule has 3 aromatic rings. The quantitative estimate of drug-likeness (QED) is 0.324. The minimum atomic E-state index is -4.21. The molecule has 0 fully saturated rings. The Balaban J connectivity index is 1.99.